The van der Waals surface area contributed by atoms with E-state index in [1.165, 1.54) is 5.56 Å². The molecule has 0 aliphatic rings. The highest BCUT2D eigenvalue weighted by Gasteiger charge is 2.05. The Morgan fingerprint density at radius 1 is 1.39 bits per heavy atom. The second-order valence-corrected chi connectivity index (χ2v) is 4.30. The summed E-state index contributed by atoms with van der Waals surface area (Å²) in [5.41, 5.74) is 8.14. The lowest BCUT2D eigenvalue weighted by Gasteiger charge is -2.06. The number of pyridine rings is 1. The molecule has 0 bridgehead atoms. The molecule has 0 radical (unpaired) electrons. The van der Waals surface area contributed by atoms with Crippen LogP contribution >= 0.6 is 0 Å². The van der Waals surface area contributed by atoms with Gasteiger partial charge in [0.1, 0.15) is 0 Å². The van der Waals surface area contributed by atoms with Crippen molar-refractivity contribution in [1.29, 1.82) is 0 Å². The zero-order valence-corrected chi connectivity index (χ0v) is 10.8. The number of rotatable bonds is 5. The number of methoxy groups -OCH3 is 1. The number of ether oxygens (including phenoxy) is 1. The smallest absolute Gasteiger partial charge is 0.213 e. The van der Waals surface area contributed by atoms with Crippen LogP contribution in [-0.4, -0.2) is 16.7 Å². The van der Waals surface area contributed by atoms with Crippen molar-refractivity contribution in [2.75, 3.05) is 7.11 Å². The molecule has 18 heavy (non-hydrogen) atoms. The molecule has 4 heteroatoms. The first kappa shape index (κ1) is 12.6. The molecule has 0 aromatic carbocycles. The summed E-state index contributed by atoms with van der Waals surface area (Å²) in [5, 5.41) is 0. The Morgan fingerprint density at radius 3 is 2.94 bits per heavy atom. The average molecular weight is 245 g/mol. The highest BCUT2D eigenvalue weighted by atomic mass is 16.5. The molecule has 0 amide bonds. The van der Waals surface area contributed by atoms with E-state index in [1.54, 1.807) is 7.11 Å². The van der Waals surface area contributed by atoms with Crippen molar-refractivity contribution in [3.63, 3.8) is 0 Å². The summed E-state index contributed by atoms with van der Waals surface area (Å²) >= 11 is 0. The molecule has 2 N–H and O–H groups in total. The molecule has 1 unspecified atom stereocenters. The number of nitrogens with two attached hydrogens (primary N) is 1. The topological polar surface area (TPSA) is 53.1 Å². The Bertz CT molecular complexity index is 507. The van der Waals surface area contributed by atoms with Gasteiger partial charge in [-0.15, -0.1) is 0 Å². The first-order valence-corrected chi connectivity index (χ1v) is 6.14. The highest BCUT2D eigenvalue weighted by molar-refractivity contribution is 5.18. The third kappa shape index (κ3) is 2.90. The fraction of sp³-hybridized carbons (Fsp3) is 0.357. The molecular weight excluding hydrogens is 226 g/mol. The molecule has 0 saturated carbocycles. The minimum Gasteiger partial charge on any atom is -0.481 e. The van der Waals surface area contributed by atoms with Crippen molar-refractivity contribution in [2.24, 2.45) is 5.73 Å². The van der Waals surface area contributed by atoms with Crippen LogP contribution in [0.1, 0.15) is 30.6 Å². The van der Waals surface area contributed by atoms with Crippen LogP contribution in [0.15, 0.2) is 36.7 Å². The number of aromatic nitrogens is 2. The van der Waals surface area contributed by atoms with E-state index in [0.29, 0.717) is 5.88 Å². The van der Waals surface area contributed by atoms with Gasteiger partial charge in [0.15, 0.2) is 0 Å². The zero-order valence-electron chi connectivity index (χ0n) is 10.8. The summed E-state index contributed by atoms with van der Waals surface area (Å²) in [6, 6.07) is 7.96. The van der Waals surface area contributed by atoms with Gasteiger partial charge in [0.2, 0.25) is 5.88 Å². The molecule has 2 aromatic heterocycles. The van der Waals surface area contributed by atoms with E-state index in [1.807, 2.05) is 24.4 Å². The van der Waals surface area contributed by atoms with Crippen LogP contribution in [0.3, 0.4) is 0 Å². The average Bonchev–Trinajstić information content (AvgIpc) is 2.86. The molecule has 2 heterocycles. The summed E-state index contributed by atoms with van der Waals surface area (Å²) in [4.78, 5) is 4.39. The molecule has 0 fully saturated rings. The van der Waals surface area contributed by atoms with Crippen LogP contribution < -0.4 is 10.5 Å². The molecule has 2 rings (SSSR count). The van der Waals surface area contributed by atoms with Gasteiger partial charge >= 0.3 is 0 Å². The quantitative estimate of drug-likeness (QED) is 0.879. The van der Waals surface area contributed by atoms with Crippen LogP contribution in [0.4, 0.5) is 0 Å². The maximum absolute atomic E-state index is 6.00. The third-order valence-corrected chi connectivity index (χ3v) is 2.98. The van der Waals surface area contributed by atoms with E-state index < -0.39 is 0 Å². The summed E-state index contributed by atoms with van der Waals surface area (Å²) in [7, 11) is 1.63. The van der Waals surface area contributed by atoms with E-state index in [0.717, 1.165) is 18.7 Å². The van der Waals surface area contributed by atoms with Crippen molar-refractivity contribution in [2.45, 2.75) is 25.9 Å². The van der Waals surface area contributed by atoms with Crippen LogP contribution in [0, 0.1) is 0 Å². The van der Waals surface area contributed by atoms with Gasteiger partial charge in [-0.2, -0.15) is 0 Å². The molecule has 0 saturated heterocycles. The highest BCUT2D eigenvalue weighted by Crippen LogP contribution is 2.15. The molecule has 4 nitrogen and oxygen atoms in total. The Balaban J connectivity index is 2.11. The van der Waals surface area contributed by atoms with Crippen LogP contribution in [-0.2, 0) is 6.54 Å². The molecule has 0 spiro atoms. The minimum atomic E-state index is 0.115. The molecule has 1 atom stereocenters. The molecule has 96 valence electrons. The Labute approximate surface area is 107 Å². The fourth-order valence-corrected chi connectivity index (χ4v) is 1.86. The summed E-state index contributed by atoms with van der Waals surface area (Å²) in [6.45, 7) is 2.82. The lowest BCUT2D eigenvalue weighted by molar-refractivity contribution is 0.396. The van der Waals surface area contributed by atoms with Gasteiger partial charge in [-0.05, 0) is 24.1 Å². The minimum absolute atomic E-state index is 0.115. The summed E-state index contributed by atoms with van der Waals surface area (Å²) in [6.07, 6.45) is 5.06. The van der Waals surface area contributed by atoms with Crippen LogP contribution in [0.5, 0.6) is 5.88 Å². The van der Waals surface area contributed by atoms with Crippen molar-refractivity contribution in [1.82, 2.24) is 9.55 Å². The maximum Gasteiger partial charge on any atom is 0.213 e. The van der Waals surface area contributed by atoms with Gasteiger partial charge in [0, 0.05) is 24.5 Å². The first-order chi connectivity index (χ1) is 8.72. The lowest BCUT2D eigenvalue weighted by Crippen LogP contribution is -2.07. The number of nitrogens with zero attached hydrogens (tertiary/aromatic N) is 2. The van der Waals surface area contributed by atoms with Crippen molar-refractivity contribution in [3.05, 3.63) is 47.9 Å². The largest absolute Gasteiger partial charge is 0.481 e. The summed E-state index contributed by atoms with van der Waals surface area (Å²) < 4.78 is 7.20. The predicted octanol–water partition coefficient (Wildman–Crippen LogP) is 2.35. The normalized spacial score (nSPS) is 12.4. The van der Waals surface area contributed by atoms with Crippen molar-refractivity contribution in [3.8, 4) is 5.88 Å². The number of hydrogen-bond donors (Lipinski definition) is 1. The maximum atomic E-state index is 6.00. The number of hydrogen-bond acceptors (Lipinski definition) is 3. The Hall–Kier alpha value is -1.81. The monoisotopic (exact) mass is 245 g/mol. The fourth-order valence-electron chi connectivity index (χ4n) is 1.86. The lowest BCUT2D eigenvalue weighted by atomic mass is 10.1. The van der Waals surface area contributed by atoms with Gasteiger partial charge < -0.3 is 15.0 Å². The van der Waals surface area contributed by atoms with Crippen LogP contribution in [0.2, 0.25) is 0 Å². The van der Waals surface area contributed by atoms with E-state index in [4.69, 9.17) is 10.5 Å². The molecular formula is C14H19N3O. The second kappa shape index (κ2) is 5.69. The van der Waals surface area contributed by atoms with E-state index in [2.05, 4.69) is 28.7 Å². The molecule has 0 aliphatic heterocycles. The van der Waals surface area contributed by atoms with Crippen LogP contribution in [0.25, 0.3) is 0 Å². The Morgan fingerprint density at radius 2 is 2.22 bits per heavy atom. The van der Waals surface area contributed by atoms with E-state index in [9.17, 15) is 0 Å². The first-order valence-electron chi connectivity index (χ1n) is 6.14. The molecule has 2 aromatic rings. The van der Waals surface area contributed by atoms with Crippen molar-refractivity contribution < 1.29 is 4.74 Å². The van der Waals surface area contributed by atoms with Crippen molar-refractivity contribution >= 4 is 0 Å². The zero-order chi connectivity index (χ0) is 13.0. The third-order valence-electron chi connectivity index (χ3n) is 2.98. The molecule has 0 aliphatic carbocycles. The standard InChI is InChI=1S/C14H19N3O/c1-3-13(15)11-7-8-17(9-11)10-12-5-4-6-14(16-12)18-2/h4-9,13H,3,10,15H2,1-2H3. The van der Waals surface area contributed by atoms with Gasteiger partial charge in [-0.25, -0.2) is 4.98 Å². The Kier molecular flexibility index (Phi) is 3.99. The van der Waals surface area contributed by atoms with Gasteiger partial charge in [-0.3, -0.25) is 0 Å². The van der Waals surface area contributed by atoms with Gasteiger partial charge in [0.05, 0.1) is 19.3 Å². The summed E-state index contributed by atoms with van der Waals surface area (Å²) in [5.74, 6) is 0.644. The van der Waals surface area contributed by atoms with Gasteiger partial charge in [0.25, 0.3) is 0 Å². The SMILES string of the molecule is CCC(N)c1ccn(Cc2cccc(OC)n2)c1. The van der Waals surface area contributed by atoms with E-state index in [-0.39, 0.29) is 6.04 Å². The predicted molar refractivity (Wildman–Crippen MR) is 71.5 cm³/mol. The second-order valence-electron chi connectivity index (χ2n) is 4.30. The van der Waals surface area contributed by atoms with E-state index >= 15 is 0 Å². The van der Waals surface area contributed by atoms with Gasteiger partial charge in [-0.1, -0.05) is 13.0 Å².